The van der Waals surface area contributed by atoms with Gasteiger partial charge >= 0.3 is 0 Å². The first-order chi connectivity index (χ1) is 23.9. The van der Waals surface area contributed by atoms with Gasteiger partial charge < -0.3 is 0 Å². The molecule has 0 aliphatic carbocycles. The zero-order chi connectivity index (χ0) is 35.5. The summed E-state index contributed by atoms with van der Waals surface area (Å²) >= 11 is 0. The molecule has 3 heterocycles. The van der Waals surface area contributed by atoms with Crippen LogP contribution < -0.4 is 10.6 Å². The molecule has 6 aromatic rings. The summed E-state index contributed by atoms with van der Waals surface area (Å²) in [6.07, 6.45) is 3.62. The highest BCUT2D eigenvalue weighted by molar-refractivity contribution is 5.78. The van der Waals surface area contributed by atoms with Gasteiger partial charge in [-0.25, -0.2) is 15.0 Å². The van der Waals surface area contributed by atoms with Crippen LogP contribution in [0.25, 0.3) is 22.7 Å². The molecule has 1 aliphatic heterocycles. The molecule has 1 aliphatic rings. The minimum absolute atomic E-state index is 0.199. The normalized spacial score (nSPS) is 13.8. The van der Waals surface area contributed by atoms with E-state index in [1.807, 2.05) is 12.4 Å². The topological polar surface area (TPSA) is 51.2 Å². The lowest BCUT2D eigenvalue weighted by atomic mass is 9.74. The van der Waals surface area contributed by atoms with E-state index >= 15 is 0 Å². The first-order valence-electron chi connectivity index (χ1n) is 18.2. The van der Waals surface area contributed by atoms with Crippen LogP contribution in [0, 0.1) is 0 Å². The number of rotatable bonds is 7. The average molecular weight is 663 g/mol. The Kier molecular flexibility index (Phi) is 8.53. The van der Waals surface area contributed by atoms with Crippen molar-refractivity contribution in [3.05, 3.63) is 136 Å². The first kappa shape index (κ1) is 33.5. The maximum absolute atomic E-state index is 5.84. The number of imidazole rings is 1. The summed E-state index contributed by atoms with van der Waals surface area (Å²) in [6, 6.07) is 30.8. The number of hydrogen-bond acceptors (Lipinski definition) is 4. The van der Waals surface area contributed by atoms with E-state index in [0.29, 0.717) is 0 Å². The summed E-state index contributed by atoms with van der Waals surface area (Å²) in [5.74, 6) is 1.08. The first-order valence-corrected chi connectivity index (χ1v) is 18.2. The lowest BCUT2D eigenvalue weighted by Gasteiger charge is -2.39. The summed E-state index contributed by atoms with van der Waals surface area (Å²) in [4.78, 5) is 10.2. The van der Waals surface area contributed by atoms with E-state index in [9.17, 15) is 0 Å². The fourth-order valence-corrected chi connectivity index (χ4v) is 7.82. The van der Waals surface area contributed by atoms with Crippen LogP contribution in [0.3, 0.4) is 0 Å². The largest absolute Gasteiger partial charge is 0.259 e. The van der Waals surface area contributed by atoms with E-state index in [-0.39, 0.29) is 29.1 Å². The van der Waals surface area contributed by atoms with Crippen LogP contribution in [-0.4, -0.2) is 19.1 Å². The molecule has 0 unspecified atom stereocenters. The molecule has 0 radical (unpaired) electrons. The highest BCUT2D eigenvalue weighted by atomic mass is 15.5. The van der Waals surface area contributed by atoms with Gasteiger partial charge in [0.25, 0.3) is 0 Å². The molecular formula is C44H50N6. The molecule has 0 N–H and O–H groups in total. The van der Waals surface area contributed by atoms with Crippen LogP contribution in [0.4, 0.5) is 11.4 Å². The van der Waals surface area contributed by atoms with Gasteiger partial charge in [-0.2, -0.15) is 0 Å². The fraction of sp³-hybridized carbons (Fsp3) is 0.341. The second-order valence-electron chi connectivity index (χ2n) is 15.4. The molecule has 6 nitrogen and oxygen atoms in total. The third-order valence-corrected chi connectivity index (χ3v) is 10.4. The van der Waals surface area contributed by atoms with E-state index < -0.39 is 0 Å². The second-order valence-corrected chi connectivity index (χ2v) is 15.4. The lowest BCUT2D eigenvalue weighted by molar-refractivity contribution is 0.622. The highest BCUT2D eigenvalue weighted by Crippen LogP contribution is 2.49. The molecule has 6 heteroatoms. The van der Waals surface area contributed by atoms with Crippen molar-refractivity contribution in [1.82, 2.24) is 19.1 Å². The maximum atomic E-state index is 5.84. The molecule has 0 atom stereocenters. The second kappa shape index (κ2) is 12.7. The molecule has 0 amide bonds. The molecule has 0 bridgehead atoms. The molecule has 4 aromatic carbocycles. The van der Waals surface area contributed by atoms with E-state index in [0.717, 1.165) is 39.7 Å². The Morgan fingerprint density at radius 3 is 1.22 bits per heavy atom. The molecule has 2 aromatic heterocycles. The Hall–Kier alpha value is -4.97. The Labute approximate surface area is 297 Å². The summed E-state index contributed by atoms with van der Waals surface area (Å²) in [5, 5.41) is 8.00. The Morgan fingerprint density at radius 1 is 0.500 bits per heavy atom. The molecule has 256 valence electrons. The molecule has 50 heavy (non-hydrogen) atoms. The Balaban J connectivity index is 1.75. The van der Waals surface area contributed by atoms with Gasteiger partial charge in [0.2, 0.25) is 5.62 Å². The number of nitrogens with zero attached hydrogens (tertiary/aromatic N) is 6. The van der Waals surface area contributed by atoms with Crippen LogP contribution in [0.5, 0.6) is 0 Å². The zero-order valence-electron chi connectivity index (χ0n) is 31.2. The number of aromatic nitrogens is 4. The van der Waals surface area contributed by atoms with Crippen LogP contribution in [0.15, 0.2) is 102 Å². The monoisotopic (exact) mass is 662 g/mol. The minimum Gasteiger partial charge on any atom is -0.259 e. The fourth-order valence-electron chi connectivity index (χ4n) is 7.82. The Bertz CT molecular complexity index is 2080. The molecule has 0 saturated carbocycles. The third-order valence-electron chi connectivity index (χ3n) is 10.4. The van der Waals surface area contributed by atoms with Crippen LogP contribution in [0.1, 0.15) is 126 Å². The predicted molar refractivity (Wildman–Crippen MR) is 207 cm³/mol. The van der Waals surface area contributed by atoms with E-state index in [1.54, 1.807) is 0 Å². The van der Waals surface area contributed by atoms with Crippen molar-refractivity contribution in [2.45, 2.75) is 98.3 Å². The van der Waals surface area contributed by atoms with Crippen molar-refractivity contribution in [2.24, 2.45) is 5.10 Å². The van der Waals surface area contributed by atoms with Crippen molar-refractivity contribution in [3.63, 3.8) is 0 Å². The number of hydrogen-bond donors (Lipinski definition) is 0. The maximum Gasteiger partial charge on any atom is 0.240 e. The highest BCUT2D eigenvalue weighted by Gasteiger charge is 2.37. The summed E-state index contributed by atoms with van der Waals surface area (Å²) < 4.78 is 4.61. The average Bonchev–Trinajstić information content (AvgIpc) is 3.42. The number of para-hydroxylation sites is 4. The molecular weight excluding hydrogens is 613 g/mol. The SMILES string of the molecule is CC(C)c1cccc(C(C)C)c1-n1c(=NN2c3ccccc3C(C)(C)c3ccccc32)n(-c2c(C(C)C)cccc2C(C)C)c2nccnc21. The minimum atomic E-state index is -0.199. The van der Waals surface area contributed by atoms with Crippen LogP contribution in [0.2, 0.25) is 0 Å². The summed E-state index contributed by atoms with van der Waals surface area (Å²) in [5.41, 5.74) is 14.0. The summed E-state index contributed by atoms with van der Waals surface area (Å²) in [6.45, 7) is 22.8. The molecule has 0 saturated heterocycles. The molecule has 7 rings (SSSR count). The van der Waals surface area contributed by atoms with Gasteiger partial charge in [0.05, 0.1) is 22.7 Å². The van der Waals surface area contributed by atoms with Crippen molar-refractivity contribution in [1.29, 1.82) is 0 Å². The van der Waals surface area contributed by atoms with Crippen molar-refractivity contribution in [2.75, 3.05) is 5.01 Å². The van der Waals surface area contributed by atoms with Crippen molar-refractivity contribution >= 4 is 22.7 Å². The van der Waals surface area contributed by atoms with Gasteiger partial charge in [-0.05, 0) is 69.2 Å². The number of fused-ring (bicyclic) bond motifs is 3. The third kappa shape index (κ3) is 5.28. The standard InChI is InChI=1S/C44H50N6/c1-27(2)31-17-15-18-32(28(3)4)39(31)48-41-42(46-26-25-45-41)49(40-33(29(5)6)19-16-20-34(40)30(7)8)43(48)47-50-37-23-13-11-21-35(37)44(9,10)36-22-12-14-24-38(36)50/h11-30H,1-10H3. The quantitative estimate of drug-likeness (QED) is 0.171. The van der Waals surface area contributed by atoms with Gasteiger partial charge in [-0.1, -0.05) is 142 Å². The smallest absolute Gasteiger partial charge is 0.240 e. The van der Waals surface area contributed by atoms with Crippen molar-refractivity contribution in [3.8, 4) is 11.4 Å². The van der Waals surface area contributed by atoms with Crippen LogP contribution in [-0.2, 0) is 5.41 Å². The number of anilines is 2. The van der Waals surface area contributed by atoms with E-state index in [4.69, 9.17) is 15.1 Å². The van der Waals surface area contributed by atoms with Crippen LogP contribution >= 0.6 is 0 Å². The molecule has 0 spiro atoms. The van der Waals surface area contributed by atoms with Gasteiger partial charge in [0.15, 0.2) is 11.3 Å². The lowest BCUT2D eigenvalue weighted by Crippen LogP contribution is -2.35. The molecule has 0 fully saturated rings. The van der Waals surface area contributed by atoms with Gasteiger partial charge in [-0.15, -0.1) is 5.10 Å². The zero-order valence-corrected chi connectivity index (χ0v) is 31.2. The Morgan fingerprint density at radius 2 is 0.860 bits per heavy atom. The van der Waals surface area contributed by atoms with Crippen molar-refractivity contribution < 1.29 is 0 Å². The summed E-state index contributed by atoms with van der Waals surface area (Å²) in [7, 11) is 0. The van der Waals surface area contributed by atoms with E-state index in [1.165, 1.54) is 33.4 Å². The number of benzene rings is 4. The van der Waals surface area contributed by atoms with Gasteiger partial charge in [-0.3, -0.25) is 9.13 Å². The van der Waals surface area contributed by atoms with Gasteiger partial charge in [0, 0.05) is 17.8 Å². The van der Waals surface area contributed by atoms with E-state index in [2.05, 4.69) is 168 Å². The van der Waals surface area contributed by atoms with Gasteiger partial charge in [0.1, 0.15) is 0 Å². The predicted octanol–water partition coefficient (Wildman–Crippen LogP) is 11.0.